The van der Waals surface area contributed by atoms with Crippen LogP contribution in [0.15, 0.2) is 30.3 Å². The van der Waals surface area contributed by atoms with Crippen molar-refractivity contribution in [2.45, 2.75) is 25.2 Å². The number of hydrogen-bond acceptors (Lipinski definition) is 3. The van der Waals surface area contributed by atoms with Gasteiger partial charge in [-0.15, -0.1) is 0 Å². The Labute approximate surface area is 94.4 Å². The molecule has 1 saturated heterocycles. The van der Waals surface area contributed by atoms with Crippen molar-refractivity contribution in [3.63, 3.8) is 0 Å². The number of carbonyl (C=O) groups is 2. The predicted molar refractivity (Wildman–Crippen MR) is 59.0 cm³/mol. The van der Waals surface area contributed by atoms with Gasteiger partial charge in [0.1, 0.15) is 12.2 Å². The fraction of sp³-hybridized carbons (Fsp3) is 0.385. The zero-order valence-electron chi connectivity index (χ0n) is 9.02. The van der Waals surface area contributed by atoms with Gasteiger partial charge in [-0.25, -0.2) is 0 Å². The number of rotatable bonds is 1. The SMILES string of the molecule is O=C1CC(=O)OCCC(c2ccccc2)C1. The van der Waals surface area contributed by atoms with Crippen molar-refractivity contribution in [2.24, 2.45) is 0 Å². The molecule has 1 aliphatic heterocycles. The Morgan fingerprint density at radius 2 is 1.88 bits per heavy atom. The van der Waals surface area contributed by atoms with E-state index in [2.05, 4.69) is 0 Å². The number of esters is 1. The summed E-state index contributed by atoms with van der Waals surface area (Å²) >= 11 is 0. The molecule has 0 N–H and O–H groups in total. The molecule has 84 valence electrons. The second kappa shape index (κ2) is 4.92. The number of cyclic esters (lactones) is 1. The molecule has 0 bridgehead atoms. The topological polar surface area (TPSA) is 43.4 Å². The molecular formula is C13H14O3. The van der Waals surface area contributed by atoms with Crippen molar-refractivity contribution in [3.05, 3.63) is 35.9 Å². The molecule has 1 unspecified atom stereocenters. The second-order valence-electron chi connectivity index (χ2n) is 4.04. The quantitative estimate of drug-likeness (QED) is 0.535. The first-order valence-corrected chi connectivity index (χ1v) is 5.48. The van der Waals surface area contributed by atoms with Gasteiger partial charge in [0, 0.05) is 6.42 Å². The molecule has 1 aromatic carbocycles. The third kappa shape index (κ3) is 2.69. The Bertz CT molecular complexity index is 383. The van der Waals surface area contributed by atoms with Crippen LogP contribution < -0.4 is 0 Å². The summed E-state index contributed by atoms with van der Waals surface area (Å²) in [6.45, 7) is 0.408. The van der Waals surface area contributed by atoms with Crippen LogP contribution in [-0.4, -0.2) is 18.4 Å². The summed E-state index contributed by atoms with van der Waals surface area (Å²) in [6.07, 6.45) is 1.09. The summed E-state index contributed by atoms with van der Waals surface area (Å²) in [5.74, 6) is -0.239. The van der Waals surface area contributed by atoms with Crippen molar-refractivity contribution in [1.82, 2.24) is 0 Å². The summed E-state index contributed by atoms with van der Waals surface area (Å²) in [5.41, 5.74) is 1.15. The molecule has 0 aromatic heterocycles. The highest BCUT2D eigenvalue weighted by atomic mass is 16.5. The maximum atomic E-state index is 11.5. The zero-order valence-corrected chi connectivity index (χ0v) is 9.02. The molecule has 3 nitrogen and oxygen atoms in total. The molecule has 1 fully saturated rings. The van der Waals surface area contributed by atoms with E-state index in [1.165, 1.54) is 0 Å². The van der Waals surface area contributed by atoms with Gasteiger partial charge in [-0.3, -0.25) is 9.59 Å². The van der Waals surface area contributed by atoms with E-state index in [0.717, 1.165) is 12.0 Å². The highest BCUT2D eigenvalue weighted by molar-refractivity contribution is 5.96. The third-order valence-corrected chi connectivity index (χ3v) is 2.82. The molecule has 0 saturated carbocycles. The van der Waals surface area contributed by atoms with E-state index < -0.39 is 5.97 Å². The Hall–Kier alpha value is -1.64. The van der Waals surface area contributed by atoms with Crippen molar-refractivity contribution in [2.75, 3.05) is 6.61 Å². The van der Waals surface area contributed by atoms with Crippen molar-refractivity contribution < 1.29 is 14.3 Å². The predicted octanol–water partition coefficient (Wildman–Crippen LogP) is 2.07. The van der Waals surface area contributed by atoms with Crippen LogP contribution in [0.5, 0.6) is 0 Å². The Balaban J connectivity index is 2.10. The summed E-state index contributed by atoms with van der Waals surface area (Å²) in [4.78, 5) is 22.6. The van der Waals surface area contributed by atoms with Gasteiger partial charge in [0.05, 0.1) is 6.61 Å². The smallest absolute Gasteiger partial charge is 0.313 e. The van der Waals surface area contributed by atoms with Gasteiger partial charge < -0.3 is 4.74 Å². The van der Waals surface area contributed by atoms with Gasteiger partial charge in [-0.05, 0) is 17.9 Å². The number of ketones is 1. The fourth-order valence-electron chi connectivity index (χ4n) is 1.99. The fourth-order valence-corrected chi connectivity index (χ4v) is 1.99. The molecular weight excluding hydrogens is 204 g/mol. The highest BCUT2D eigenvalue weighted by Gasteiger charge is 2.21. The summed E-state index contributed by atoms with van der Waals surface area (Å²) in [7, 11) is 0. The van der Waals surface area contributed by atoms with Gasteiger partial charge in [0.25, 0.3) is 0 Å². The first-order valence-electron chi connectivity index (χ1n) is 5.48. The molecule has 16 heavy (non-hydrogen) atoms. The van der Waals surface area contributed by atoms with E-state index in [1.54, 1.807) is 0 Å². The van der Waals surface area contributed by atoms with E-state index in [9.17, 15) is 9.59 Å². The van der Waals surface area contributed by atoms with Gasteiger partial charge in [-0.1, -0.05) is 30.3 Å². The Morgan fingerprint density at radius 3 is 2.62 bits per heavy atom. The molecule has 0 amide bonds. The number of Topliss-reactive ketones (excluding diaryl/α,β-unsaturated/α-hetero) is 1. The van der Waals surface area contributed by atoms with Gasteiger partial charge >= 0.3 is 5.97 Å². The molecule has 2 rings (SSSR count). The second-order valence-corrected chi connectivity index (χ2v) is 4.04. The van der Waals surface area contributed by atoms with Crippen LogP contribution >= 0.6 is 0 Å². The standard InChI is InChI=1S/C13H14O3/c14-12-8-11(6-7-16-13(15)9-12)10-4-2-1-3-5-10/h1-5,11H,6-9H2. The molecule has 0 spiro atoms. The van der Waals surface area contributed by atoms with Crippen molar-refractivity contribution in [1.29, 1.82) is 0 Å². The Morgan fingerprint density at radius 1 is 1.12 bits per heavy atom. The van der Waals surface area contributed by atoms with Gasteiger partial charge in [-0.2, -0.15) is 0 Å². The molecule has 0 radical (unpaired) electrons. The van der Waals surface area contributed by atoms with Crippen LogP contribution in [0, 0.1) is 0 Å². The van der Waals surface area contributed by atoms with Crippen molar-refractivity contribution >= 4 is 11.8 Å². The lowest BCUT2D eigenvalue weighted by Crippen LogP contribution is -2.20. The lowest BCUT2D eigenvalue weighted by atomic mass is 9.90. The summed E-state index contributed by atoms with van der Waals surface area (Å²) in [6, 6.07) is 9.91. The van der Waals surface area contributed by atoms with E-state index in [4.69, 9.17) is 4.74 Å². The van der Waals surface area contributed by atoms with Crippen LogP contribution in [0.25, 0.3) is 0 Å². The van der Waals surface area contributed by atoms with Crippen LogP contribution in [0.4, 0.5) is 0 Å². The monoisotopic (exact) mass is 218 g/mol. The number of carbonyl (C=O) groups excluding carboxylic acids is 2. The molecule has 1 heterocycles. The third-order valence-electron chi connectivity index (χ3n) is 2.82. The van der Waals surface area contributed by atoms with E-state index in [0.29, 0.717) is 13.0 Å². The van der Waals surface area contributed by atoms with E-state index in [1.807, 2.05) is 30.3 Å². The first-order chi connectivity index (χ1) is 7.75. The van der Waals surface area contributed by atoms with Crippen molar-refractivity contribution in [3.8, 4) is 0 Å². The first kappa shape index (κ1) is 10.9. The molecule has 0 aliphatic carbocycles. The van der Waals surface area contributed by atoms with E-state index in [-0.39, 0.29) is 18.1 Å². The van der Waals surface area contributed by atoms with Crippen LogP contribution in [0.2, 0.25) is 0 Å². The minimum Gasteiger partial charge on any atom is -0.465 e. The lowest BCUT2D eigenvalue weighted by Gasteiger charge is -2.19. The maximum Gasteiger partial charge on any atom is 0.313 e. The number of benzene rings is 1. The average molecular weight is 218 g/mol. The summed E-state index contributed by atoms with van der Waals surface area (Å²) in [5, 5.41) is 0. The molecule has 1 atom stereocenters. The van der Waals surface area contributed by atoms with Crippen LogP contribution in [0.3, 0.4) is 0 Å². The Kier molecular flexibility index (Phi) is 3.34. The highest BCUT2D eigenvalue weighted by Crippen LogP contribution is 2.25. The zero-order chi connectivity index (χ0) is 11.4. The molecule has 3 heteroatoms. The largest absolute Gasteiger partial charge is 0.465 e. The molecule has 1 aliphatic rings. The number of hydrogen-bond donors (Lipinski definition) is 0. The summed E-state index contributed by atoms with van der Waals surface area (Å²) < 4.78 is 4.95. The number of ether oxygens (including phenoxy) is 1. The normalized spacial score (nSPS) is 22.1. The molecule has 1 aromatic rings. The van der Waals surface area contributed by atoms with Gasteiger partial charge in [0.15, 0.2) is 0 Å². The van der Waals surface area contributed by atoms with Crippen LogP contribution in [0.1, 0.15) is 30.7 Å². The van der Waals surface area contributed by atoms with Crippen LogP contribution in [-0.2, 0) is 14.3 Å². The minimum absolute atomic E-state index is 0.0291. The lowest BCUT2D eigenvalue weighted by molar-refractivity contribution is -0.147. The minimum atomic E-state index is -0.392. The maximum absolute atomic E-state index is 11.5. The average Bonchev–Trinajstić information content (AvgIpc) is 2.26. The van der Waals surface area contributed by atoms with E-state index >= 15 is 0 Å². The van der Waals surface area contributed by atoms with Gasteiger partial charge in [0.2, 0.25) is 0 Å².